The van der Waals surface area contributed by atoms with Gasteiger partial charge in [0.25, 0.3) is 5.91 Å². The minimum atomic E-state index is -0.640. The van der Waals surface area contributed by atoms with E-state index in [1.807, 2.05) is 6.07 Å². The van der Waals surface area contributed by atoms with Gasteiger partial charge in [0.15, 0.2) is 11.5 Å². The second-order valence-corrected chi connectivity index (χ2v) is 6.96. The normalized spacial score (nSPS) is 21.5. The molecule has 1 unspecified atom stereocenters. The fraction of sp³-hybridized carbons (Fsp3) is 0.474. The zero-order valence-electron chi connectivity index (χ0n) is 14.8. The highest BCUT2D eigenvalue weighted by Crippen LogP contribution is 2.40. The molecule has 1 amide bonds. The molecule has 140 valence electrons. The van der Waals surface area contributed by atoms with E-state index in [0.29, 0.717) is 17.1 Å². The number of carbonyl (C=O) groups is 2. The number of ether oxygens (including phenoxy) is 1. The van der Waals surface area contributed by atoms with Gasteiger partial charge in [0.2, 0.25) is 0 Å². The molecule has 1 fully saturated rings. The molecule has 6 nitrogen and oxygen atoms in total. The van der Waals surface area contributed by atoms with Crippen molar-refractivity contribution in [2.45, 2.75) is 19.4 Å². The van der Waals surface area contributed by atoms with Gasteiger partial charge in [-0.25, -0.2) is 0 Å². The molecule has 26 heavy (non-hydrogen) atoms. The molecule has 1 aromatic rings. The molecule has 2 aliphatic rings. The smallest absolute Gasteiger partial charge is 0.290 e. The van der Waals surface area contributed by atoms with Crippen LogP contribution in [-0.4, -0.2) is 66.0 Å². The maximum Gasteiger partial charge on any atom is 0.290 e. The van der Waals surface area contributed by atoms with Gasteiger partial charge >= 0.3 is 0 Å². The SMILES string of the molecule is CC(=O)C1=C(O)C(=O)N(CCCN2CCOCC2)C1c1ccccc1Cl. The van der Waals surface area contributed by atoms with Gasteiger partial charge in [-0.2, -0.15) is 0 Å². The summed E-state index contributed by atoms with van der Waals surface area (Å²) < 4.78 is 5.34. The van der Waals surface area contributed by atoms with Gasteiger partial charge in [0.05, 0.1) is 24.8 Å². The van der Waals surface area contributed by atoms with E-state index in [9.17, 15) is 14.7 Å². The molecule has 1 N–H and O–H groups in total. The van der Waals surface area contributed by atoms with Crippen molar-refractivity contribution in [3.05, 3.63) is 46.2 Å². The maximum absolute atomic E-state index is 12.6. The number of benzene rings is 1. The Labute approximate surface area is 158 Å². The zero-order chi connectivity index (χ0) is 18.7. The van der Waals surface area contributed by atoms with Gasteiger partial charge in [-0.05, 0) is 25.0 Å². The second kappa shape index (κ2) is 8.20. The van der Waals surface area contributed by atoms with Crippen LogP contribution in [0.15, 0.2) is 35.6 Å². The van der Waals surface area contributed by atoms with Crippen molar-refractivity contribution < 1.29 is 19.4 Å². The summed E-state index contributed by atoms with van der Waals surface area (Å²) in [6.45, 7) is 5.84. The number of halogens is 1. The first-order valence-corrected chi connectivity index (χ1v) is 9.18. The predicted octanol–water partition coefficient (Wildman–Crippen LogP) is 2.35. The van der Waals surface area contributed by atoms with E-state index < -0.39 is 17.7 Å². The number of Topliss-reactive ketones (excluding diaryl/α,β-unsaturated/α-hetero) is 1. The Morgan fingerprint density at radius 3 is 2.62 bits per heavy atom. The summed E-state index contributed by atoms with van der Waals surface area (Å²) in [7, 11) is 0. The molecule has 1 saturated heterocycles. The number of amides is 1. The topological polar surface area (TPSA) is 70.1 Å². The summed E-state index contributed by atoms with van der Waals surface area (Å²) in [6.07, 6.45) is 0.741. The van der Waals surface area contributed by atoms with Crippen LogP contribution in [0, 0.1) is 0 Å². The highest BCUT2D eigenvalue weighted by molar-refractivity contribution is 6.31. The zero-order valence-corrected chi connectivity index (χ0v) is 15.5. The van der Waals surface area contributed by atoms with Crippen LogP contribution in [0.1, 0.15) is 24.9 Å². The Hall–Kier alpha value is -1.89. The average molecular weight is 379 g/mol. The van der Waals surface area contributed by atoms with Gasteiger partial charge in [-0.1, -0.05) is 29.8 Å². The molecule has 1 atom stereocenters. The van der Waals surface area contributed by atoms with Crippen molar-refractivity contribution in [2.24, 2.45) is 0 Å². The maximum atomic E-state index is 12.6. The lowest BCUT2D eigenvalue weighted by Crippen LogP contribution is -2.39. The highest BCUT2D eigenvalue weighted by Gasteiger charge is 2.42. The number of morpholine rings is 1. The lowest BCUT2D eigenvalue weighted by Gasteiger charge is -2.30. The van der Waals surface area contributed by atoms with Crippen molar-refractivity contribution in [3.63, 3.8) is 0 Å². The van der Waals surface area contributed by atoms with Crippen LogP contribution in [0.25, 0.3) is 0 Å². The molecule has 2 aliphatic heterocycles. The Kier molecular flexibility index (Phi) is 5.96. The van der Waals surface area contributed by atoms with Crippen LogP contribution < -0.4 is 0 Å². The third kappa shape index (κ3) is 3.77. The molecule has 7 heteroatoms. The van der Waals surface area contributed by atoms with Crippen LogP contribution in [-0.2, 0) is 14.3 Å². The monoisotopic (exact) mass is 378 g/mol. The molecule has 1 aromatic carbocycles. The fourth-order valence-electron chi connectivity index (χ4n) is 3.55. The first-order valence-electron chi connectivity index (χ1n) is 8.80. The number of carbonyl (C=O) groups excluding carboxylic acids is 2. The van der Waals surface area contributed by atoms with Crippen LogP contribution in [0.4, 0.5) is 0 Å². The highest BCUT2D eigenvalue weighted by atomic mass is 35.5. The van der Waals surface area contributed by atoms with Crippen LogP contribution in [0.5, 0.6) is 0 Å². The van der Waals surface area contributed by atoms with E-state index in [1.54, 1.807) is 23.1 Å². The Bertz CT molecular complexity index is 728. The second-order valence-electron chi connectivity index (χ2n) is 6.55. The van der Waals surface area contributed by atoms with E-state index >= 15 is 0 Å². The summed E-state index contributed by atoms with van der Waals surface area (Å²) in [6, 6.07) is 6.48. The molecule has 2 heterocycles. The standard InChI is InChI=1S/C19H23ClN2O4/c1-13(23)16-17(14-5-2-3-6-15(14)20)22(19(25)18(16)24)8-4-7-21-9-11-26-12-10-21/h2-3,5-6,17,24H,4,7-12H2,1H3. The van der Waals surface area contributed by atoms with Gasteiger partial charge in [-0.3, -0.25) is 14.5 Å². The number of hydrogen-bond donors (Lipinski definition) is 1. The summed E-state index contributed by atoms with van der Waals surface area (Å²) in [5.74, 6) is -1.30. The molecular formula is C19H23ClN2O4. The quantitative estimate of drug-likeness (QED) is 0.822. The first kappa shape index (κ1) is 18.9. The predicted molar refractivity (Wildman–Crippen MR) is 98.1 cm³/mol. The lowest BCUT2D eigenvalue weighted by atomic mass is 9.96. The average Bonchev–Trinajstić information content (AvgIpc) is 2.88. The van der Waals surface area contributed by atoms with E-state index in [2.05, 4.69) is 4.90 Å². The number of nitrogens with zero attached hydrogens (tertiary/aromatic N) is 2. The van der Waals surface area contributed by atoms with Crippen molar-refractivity contribution in [1.82, 2.24) is 9.80 Å². The van der Waals surface area contributed by atoms with Crippen molar-refractivity contribution in [3.8, 4) is 0 Å². The Morgan fingerprint density at radius 1 is 1.27 bits per heavy atom. The fourth-order valence-corrected chi connectivity index (χ4v) is 3.79. The van der Waals surface area contributed by atoms with Crippen LogP contribution in [0.3, 0.4) is 0 Å². The summed E-state index contributed by atoms with van der Waals surface area (Å²) in [4.78, 5) is 28.5. The number of hydrogen-bond acceptors (Lipinski definition) is 5. The van der Waals surface area contributed by atoms with Crippen molar-refractivity contribution >= 4 is 23.3 Å². The van der Waals surface area contributed by atoms with E-state index in [1.165, 1.54) is 6.92 Å². The van der Waals surface area contributed by atoms with E-state index in [4.69, 9.17) is 16.3 Å². The van der Waals surface area contributed by atoms with Crippen molar-refractivity contribution in [1.29, 1.82) is 0 Å². The minimum absolute atomic E-state index is 0.120. The Morgan fingerprint density at radius 2 is 1.96 bits per heavy atom. The summed E-state index contributed by atoms with van der Waals surface area (Å²) in [5.41, 5.74) is 0.776. The Balaban J connectivity index is 1.79. The van der Waals surface area contributed by atoms with Crippen LogP contribution in [0.2, 0.25) is 5.02 Å². The molecule has 0 spiro atoms. The largest absolute Gasteiger partial charge is 0.503 e. The van der Waals surface area contributed by atoms with E-state index in [-0.39, 0.29) is 11.4 Å². The van der Waals surface area contributed by atoms with Crippen LogP contribution >= 0.6 is 11.6 Å². The first-order chi connectivity index (χ1) is 12.5. The minimum Gasteiger partial charge on any atom is -0.503 e. The van der Waals surface area contributed by atoms with Gasteiger partial charge in [-0.15, -0.1) is 0 Å². The molecule has 3 rings (SSSR count). The molecular weight excluding hydrogens is 356 g/mol. The van der Waals surface area contributed by atoms with Gasteiger partial charge in [0.1, 0.15) is 0 Å². The number of ketones is 1. The number of aliphatic hydroxyl groups is 1. The van der Waals surface area contributed by atoms with Crippen molar-refractivity contribution in [2.75, 3.05) is 39.4 Å². The number of aliphatic hydroxyl groups excluding tert-OH is 1. The third-order valence-corrected chi connectivity index (χ3v) is 5.20. The summed E-state index contributed by atoms with van der Waals surface area (Å²) in [5, 5.41) is 10.7. The van der Waals surface area contributed by atoms with Gasteiger partial charge in [0, 0.05) is 31.2 Å². The molecule has 0 bridgehead atoms. The number of rotatable bonds is 6. The summed E-state index contributed by atoms with van der Waals surface area (Å²) >= 11 is 6.32. The lowest BCUT2D eigenvalue weighted by molar-refractivity contribution is -0.129. The third-order valence-electron chi connectivity index (χ3n) is 4.86. The molecule has 0 radical (unpaired) electrons. The van der Waals surface area contributed by atoms with Gasteiger partial charge < -0.3 is 14.7 Å². The molecule has 0 aromatic heterocycles. The molecule has 0 aliphatic carbocycles. The molecule has 0 saturated carbocycles. The van der Waals surface area contributed by atoms with E-state index in [0.717, 1.165) is 39.3 Å².